The number of fused-ring (bicyclic) bond motifs is 1. The van der Waals surface area contributed by atoms with Crippen LogP contribution in [0, 0.1) is 0 Å². The lowest BCUT2D eigenvalue weighted by Gasteiger charge is -2.01. The van der Waals surface area contributed by atoms with Gasteiger partial charge in [0.05, 0.1) is 6.61 Å². The van der Waals surface area contributed by atoms with Crippen molar-refractivity contribution in [2.45, 2.75) is 6.92 Å². The zero-order chi connectivity index (χ0) is 10.1. The van der Waals surface area contributed by atoms with E-state index < -0.39 is 0 Å². The molecule has 4 heteroatoms. The summed E-state index contributed by atoms with van der Waals surface area (Å²) in [6.07, 6.45) is 0. The molecule has 0 saturated heterocycles. The van der Waals surface area contributed by atoms with Gasteiger partial charge in [-0.1, -0.05) is 27.3 Å². The second kappa shape index (κ2) is 3.79. The molecule has 0 aliphatic carbocycles. The molecular formula is C10H9BrO2S. The Morgan fingerprint density at radius 1 is 1.50 bits per heavy atom. The lowest BCUT2D eigenvalue weighted by molar-refractivity contribution is 0.326. The van der Waals surface area contributed by atoms with Crippen molar-refractivity contribution in [1.82, 2.24) is 0 Å². The molecule has 0 bridgehead atoms. The van der Waals surface area contributed by atoms with E-state index in [0.29, 0.717) is 12.4 Å². The number of hydrogen-bond donors (Lipinski definition) is 1. The van der Waals surface area contributed by atoms with Crippen LogP contribution in [0.25, 0.3) is 10.1 Å². The van der Waals surface area contributed by atoms with Crippen LogP contribution >= 0.6 is 27.3 Å². The van der Waals surface area contributed by atoms with Gasteiger partial charge in [-0.05, 0) is 25.1 Å². The summed E-state index contributed by atoms with van der Waals surface area (Å²) in [6, 6.07) is 5.87. The molecule has 0 aliphatic rings. The maximum atomic E-state index is 9.63. The van der Waals surface area contributed by atoms with Crippen LogP contribution in [0.5, 0.6) is 10.8 Å². The maximum Gasteiger partial charge on any atom is 0.215 e. The molecule has 1 aromatic carbocycles. The number of hydrogen-bond acceptors (Lipinski definition) is 3. The summed E-state index contributed by atoms with van der Waals surface area (Å²) < 4.78 is 7.41. The predicted molar refractivity (Wildman–Crippen MR) is 62.4 cm³/mol. The molecule has 1 N–H and O–H groups in total. The summed E-state index contributed by atoms with van der Waals surface area (Å²) >= 11 is 4.73. The fourth-order valence-electron chi connectivity index (χ4n) is 1.32. The minimum absolute atomic E-state index is 0.250. The van der Waals surface area contributed by atoms with Crippen LogP contribution in [0.4, 0.5) is 0 Å². The van der Waals surface area contributed by atoms with Gasteiger partial charge in [-0.3, -0.25) is 0 Å². The Balaban J connectivity index is 2.66. The van der Waals surface area contributed by atoms with Gasteiger partial charge in [0.2, 0.25) is 5.06 Å². The third kappa shape index (κ3) is 1.60. The molecular weight excluding hydrogens is 264 g/mol. The molecule has 0 amide bonds. The fraction of sp³-hybridized carbons (Fsp3) is 0.200. The molecule has 2 nitrogen and oxygen atoms in total. The normalized spacial score (nSPS) is 10.7. The Kier molecular flexibility index (Phi) is 2.65. The van der Waals surface area contributed by atoms with Crippen molar-refractivity contribution in [2.24, 2.45) is 0 Å². The number of halogens is 1. The van der Waals surface area contributed by atoms with E-state index in [1.807, 2.05) is 25.1 Å². The highest BCUT2D eigenvalue weighted by atomic mass is 79.9. The average molecular weight is 273 g/mol. The fourth-order valence-corrected chi connectivity index (χ4v) is 2.55. The van der Waals surface area contributed by atoms with Crippen LogP contribution in [0.1, 0.15) is 6.92 Å². The molecule has 2 rings (SSSR count). The molecule has 0 radical (unpaired) electrons. The molecule has 14 heavy (non-hydrogen) atoms. The van der Waals surface area contributed by atoms with Crippen LogP contribution < -0.4 is 4.74 Å². The summed E-state index contributed by atoms with van der Waals surface area (Å²) in [6.45, 7) is 2.47. The van der Waals surface area contributed by atoms with Gasteiger partial charge in [0, 0.05) is 14.6 Å². The highest BCUT2D eigenvalue weighted by Gasteiger charge is 2.12. The van der Waals surface area contributed by atoms with E-state index in [1.54, 1.807) is 0 Å². The molecule has 1 heterocycles. The van der Waals surface area contributed by atoms with Gasteiger partial charge in [-0.15, -0.1) is 0 Å². The summed E-state index contributed by atoms with van der Waals surface area (Å²) in [4.78, 5) is 0. The van der Waals surface area contributed by atoms with Gasteiger partial charge in [0.25, 0.3) is 0 Å². The number of ether oxygens (including phenoxy) is 1. The first-order valence-electron chi connectivity index (χ1n) is 4.26. The Bertz CT molecular complexity index is 464. The summed E-state index contributed by atoms with van der Waals surface area (Å²) in [7, 11) is 0. The Labute approximate surface area is 94.3 Å². The van der Waals surface area contributed by atoms with Crippen molar-refractivity contribution in [1.29, 1.82) is 0 Å². The first-order chi connectivity index (χ1) is 6.72. The Morgan fingerprint density at radius 3 is 3.00 bits per heavy atom. The average Bonchev–Trinajstić information content (AvgIpc) is 2.45. The first-order valence-corrected chi connectivity index (χ1v) is 5.87. The molecule has 0 aliphatic heterocycles. The Hall–Kier alpha value is -0.740. The molecule has 1 aromatic heterocycles. The molecule has 0 atom stereocenters. The van der Waals surface area contributed by atoms with E-state index in [-0.39, 0.29) is 5.06 Å². The molecule has 2 aromatic rings. The SMILES string of the molecule is CCOc1c(O)sc2ccc(Br)cc12. The lowest BCUT2D eigenvalue weighted by atomic mass is 10.2. The second-order valence-electron chi connectivity index (χ2n) is 2.81. The van der Waals surface area contributed by atoms with Crippen molar-refractivity contribution in [3.63, 3.8) is 0 Å². The third-order valence-corrected chi connectivity index (χ3v) is 3.32. The molecule has 0 unspecified atom stereocenters. The monoisotopic (exact) mass is 272 g/mol. The van der Waals surface area contributed by atoms with Crippen molar-refractivity contribution >= 4 is 37.4 Å². The van der Waals surface area contributed by atoms with Crippen LogP contribution in [-0.2, 0) is 0 Å². The quantitative estimate of drug-likeness (QED) is 0.902. The first kappa shape index (κ1) is 9.80. The third-order valence-electron chi connectivity index (χ3n) is 1.88. The van der Waals surface area contributed by atoms with Gasteiger partial charge >= 0.3 is 0 Å². The van der Waals surface area contributed by atoms with Gasteiger partial charge < -0.3 is 9.84 Å². The highest BCUT2D eigenvalue weighted by Crippen LogP contribution is 2.43. The van der Waals surface area contributed by atoms with Crippen LogP contribution in [0.2, 0.25) is 0 Å². The summed E-state index contributed by atoms with van der Waals surface area (Å²) in [5.41, 5.74) is 0. The maximum absolute atomic E-state index is 9.63. The van der Waals surface area contributed by atoms with E-state index in [0.717, 1.165) is 14.6 Å². The van der Waals surface area contributed by atoms with Gasteiger partial charge in [-0.2, -0.15) is 0 Å². The number of aromatic hydroxyl groups is 1. The van der Waals surface area contributed by atoms with Crippen molar-refractivity contribution in [3.05, 3.63) is 22.7 Å². The zero-order valence-electron chi connectivity index (χ0n) is 7.58. The van der Waals surface area contributed by atoms with Gasteiger partial charge in [0.15, 0.2) is 5.75 Å². The smallest absolute Gasteiger partial charge is 0.215 e. The Morgan fingerprint density at radius 2 is 2.29 bits per heavy atom. The second-order valence-corrected chi connectivity index (χ2v) is 4.76. The van der Waals surface area contributed by atoms with E-state index in [2.05, 4.69) is 15.9 Å². The number of rotatable bonds is 2. The van der Waals surface area contributed by atoms with Crippen LogP contribution in [0.15, 0.2) is 22.7 Å². The van der Waals surface area contributed by atoms with Gasteiger partial charge in [0.1, 0.15) is 0 Å². The number of thiophene rings is 1. The zero-order valence-corrected chi connectivity index (χ0v) is 9.98. The van der Waals surface area contributed by atoms with Crippen LogP contribution in [-0.4, -0.2) is 11.7 Å². The van der Waals surface area contributed by atoms with Crippen molar-refractivity contribution in [2.75, 3.05) is 6.61 Å². The molecule has 74 valence electrons. The highest BCUT2D eigenvalue weighted by molar-refractivity contribution is 9.10. The van der Waals surface area contributed by atoms with E-state index in [9.17, 15) is 5.11 Å². The predicted octanol–water partition coefficient (Wildman–Crippen LogP) is 3.77. The lowest BCUT2D eigenvalue weighted by Crippen LogP contribution is -1.89. The summed E-state index contributed by atoms with van der Waals surface area (Å²) in [5, 5.41) is 10.8. The van der Waals surface area contributed by atoms with Crippen molar-refractivity contribution < 1.29 is 9.84 Å². The summed E-state index contributed by atoms with van der Waals surface area (Å²) in [5.74, 6) is 0.591. The van der Waals surface area contributed by atoms with E-state index >= 15 is 0 Å². The standard InChI is InChI=1S/C10H9BrO2S/c1-2-13-9-7-5-6(11)3-4-8(7)14-10(9)12/h3-5,12H,2H2,1H3. The van der Waals surface area contributed by atoms with Crippen LogP contribution in [0.3, 0.4) is 0 Å². The minimum atomic E-state index is 0.250. The topological polar surface area (TPSA) is 29.5 Å². The molecule has 0 spiro atoms. The van der Waals surface area contributed by atoms with Crippen molar-refractivity contribution in [3.8, 4) is 10.8 Å². The van der Waals surface area contributed by atoms with Gasteiger partial charge in [-0.25, -0.2) is 0 Å². The van der Waals surface area contributed by atoms with E-state index in [1.165, 1.54) is 11.3 Å². The molecule has 0 saturated carbocycles. The van der Waals surface area contributed by atoms with E-state index in [4.69, 9.17) is 4.74 Å². The molecule has 0 fully saturated rings. The minimum Gasteiger partial charge on any atom is -0.497 e. The number of benzene rings is 1. The largest absolute Gasteiger partial charge is 0.497 e.